The third-order valence-electron chi connectivity index (χ3n) is 6.81. The topological polar surface area (TPSA) is 88.2 Å². The second-order valence-electron chi connectivity index (χ2n) is 9.02. The highest BCUT2D eigenvalue weighted by atomic mass is 35.5. The minimum Gasteiger partial charge on any atom is -0.378 e. The Kier molecular flexibility index (Phi) is 6.04. The highest BCUT2D eigenvalue weighted by Crippen LogP contribution is 2.42. The van der Waals surface area contributed by atoms with Gasteiger partial charge in [0.25, 0.3) is 0 Å². The molecule has 1 aliphatic carbocycles. The molecule has 8 nitrogen and oxygen atoms in total. The zero-order valence-corrected chi connectivity index (χ0v) is 17.7. The number of hydrogen-bond acceptors (Lipinski definition) is 5. The lowest BCUT2D eigenvalue weighted by molar-refractivity contribution is -0.138. The molecule has 3 amide bonds. The molecule has 4 atom stereocenters. The van der Waals surface area contributed by atoms with Crippen LogP contribution in [0.4, 0.5) is 4.79 Å². The van der Waals surface area contributed by atoms with Gasteiger partial charge in [-0.1, -0.05) is 19.8 Å². The van der Waals surface area contributed by atoms with Crippen molar-refractivity contribution < 1.29 is 23.9 Å². The van der Waals surface area contributed by atoms with Crippen molar-refractivity contribution in [3.63, 3.8) is 0 Å². The van der Waals surface area contributed by atoms with Crippen molar-refractivity contribution in [1.29, 1.82) is 0 Å². The molecule has 0 radical (unpaired) electrons. The molecular weight excluding hydrogens is 398 g/mol. The van der Waals surface area contributed by atoms with E-state index in [9.17, 15) is 14.4 Å². The Balaban J connectivity index is 1.51. The number of nitrogens with one attached hydrogen (secondary N) is 1. The summed E-state index contributed by atoms with van der Waals surface area (Å²) in [6.45, 7) is 4.46. The van der Waals surface area contributed by atoms with Crippen LogP contribution in [0.1, 0.15) is 39.0 Å². The first-order valence-electron chi connectivity index (χ1n) is 10.6. The number of fused-ring (bicyclic) bond motifs is 1. The number of likely N-dealkylation sites (tertiary alicyclic amines) is 1. The Bertz CT molecular complexity index is 663. The summed E-state index contributed by atoms with van der Waals surface area (Å²) in [7, 11) is 0. The first-order chi connectivity index (χ1) is 13.9. The summed E-state index contributed by atoms with van der Waals surface area (Å²) >= 11 is 6.37. The normalized spacial score (nSPS) is 32.3. The molecule has 0 aromatic carbocycles. The Morgan fingerprint density at radius 1 is 1.28 bits per heavy atom. The minimum absolute atomic E-state index is 0.00823. The van der Waals surface area contributed by atoms with E-state index in [4.69, 9.17) is 21.1 Å². The average Bonchev–Trinajstić information content (AvgIpc) is 3.40. The van der Waals surface area contributed by atoms with Crippen LogP contribution >= 0.6 is 11.6 Å². The number of urea groups is 1. The maximum Gasteiger partial charge on any atom is 0.318 e. The number of alkyl halides is 1. The van der Waals surface area contributed by atoms with E-state index in [-0.39, 0.29) is 36.3 Å². The van der Waals surface area contributed by atoms with Gasteiger partial charge in [-0.3, -0.25) is 9.59 Å². The molecule has 3 aliphatic heterocycles. The average molecular weight is 428 g/mol. The molecule has 4 rings (SSSR count). The maximum atomic E-state index is 13.5. The lowest BCUT2D eigenvalue weighted by Crippen LogP contribution is -2.56. The van der Waals surface area contributed by atoms with Gasteiger partial charge in [-0.2, -0.15) is 0 Å². The molecule has 9 heteroatoms. The van der Waals surface area contributed by atoms with E-state index in [0.717, 1.165) is 25.7 Å². The fourth-order valence-corrected chi connectivity index (χ4v) is 5.52. The smallest absolute Gasteiger partial charge is 0.318 e. The number of carbonyl (C=O) groups excluding carboxylic acids is 3. The largest absolute Gasteiger partial charge is 0.378 e. The summed E-state index contributed by atoms with van der Waals surface area (Å²) in [5, 5.41) is 2.56. The van der Waals surface area contributed by atoms with Crippen LogP contribution in [0.25, 0.3) is 0 Å². The number of Topliss-reactive ketones (excluding diaryl/α,β-unsaturated/α-hetero) is 1. The summed E-state index contributed by atoms with van der Waals surface area (Å²) in [5.74, 6) is -0.339. The van der Waals surface area contributed by atoms with Gasteiger partial charge >= 0.3 is 6.03 Å². The second-order valence-corrected chi connectivity index (χ2v) is 9.58. The molecule has 0 bridgehead atoms. The SMILES string of the molecule is CC1(C[C@H](NC(=O)N2CCOCC2)C(=O)N2C[C@H](Cl)[C@H]3OCC(=O)C32)CCCC1. The van der Waals surface area contributed by atoms with Gasteiger partial charge in [-0.05, 0) is 24.7 Å². The number of ether oxygens (including phenoxy) is 2. The van der Waals surface area contributed by atoms with Gasteiger partial charge in [0.2, 0.25) is 5.91 Å². The van der Waals surface area contributed by atoms with E-state index in [2.05, 4.69) is 12.2 Å². The minimum atomic E-state index is -0.676. The van der Waals surface area contributed by atoms with E-state index in [1.54, 1.807) is 9.80 Å². The van der Waals surface area contributed by atoms with Crippen molar-refractivity contribution in [2.45, 2.75) is 62.6 Å². The van der Waals surface area contributed by atoms with E-state index >= 15 is 0 Å². The number of nitrogens with zero attached hydrogens (tertiary/aromatic N) is 2. The fraction of sp³-hybridized carbons (Fsp3) is 0.850. The third kappa shape index (κ3) is 4.25. The molecule has 1 saturated carbocycles. The van der Waals surface area contributed by atoms with Gasteiger partial charge < -0.3 is 24.6 Å². The Hall–Kier alpha value is -1.38. The predicted octanol–water partition coefficient (Wildman–Crippen LogP) is 1.15. The van der Waals surface area contributed by atoms with Crippen molar-refractivity contribution in [2.24, 2.45) is 5.41 Å². The van der Waals surface area contributed by atoms with Gasteiger partial charge in [-0.25, -0.2) is 4.79 Å². The van der Waals surface area contributed by atoms with Crippen LogP contribution in [0.5, 0.6) is 0 Å². The molecular formula is C20H30ClN3O5. The standard InChI is InChI=1S/C20H30ClN3O5/c1-20(4-2-3-5-20)10-14(22-19(27)23-6-8-28-9-7-23)18(26)24-11-13(21)17-16(24)15(25)12-29-17/h13-14,16-17H,2-12H2,1H3,(H,22,27)/t13-,14-,16?,17+/m0/s1. The monoisotopic (exact) mass is 427 g/mol. The first-order valence-corrected chi connectivity index (χ1v) is 11.0. The molecule has 0 aromatic heterocycles. The number of amides is 3. The lowest BCUT2D eigenvalue weighted by atomic mass is 9.81. The first kappa shape index (κ1) is 20.9. The van der Waals surface area contributed by atoms with Gasteiger partial charge in [0.05, 0.1) is 18.6 Å². The molecule has 162 valence electrons. The summed E-state index contributed by atoms with van der Waals surface area (Å²) in [6.07, 6.45) is 4.47. The molecule has 29 heavy (non-hydrogen) atoms. The van der Waals surface area contributed by atoms with Crippen LogP contribution in [-0.2, 0) is 19.1 Å². The van der Waals surface area contributed by atoms with Crippen molar-refractivity contribution >= 4 is 29.3 Å². The van der Waals surface area contributed by atoms with Crippen molar-refractivity contribution in [1.82, 2.24) is 15.1 Å². The van der Waals surface area contributed by atoms with Crippen molar-refractivity contribution in [2.75, 3.05) is 39.5 Å². The Morgan fingerprint density at radius 2 is 1.97 bits per heavy atom. The van der Waals surface area contributed by atoms with Crippen LogP contribution in [0, 0.1) is 5.41 Å². The predicted molar refractivity (Wildman–Crippen MR) is 106 cm³/mol. The van der Waals surface area contributed by atoms with Gasteiger partial charge in [0, 0.05) is 19.6 Å². The summed E-state index contributed by atoms with van der Waals surface area (Å²) in [4.78, 5) is 41.9. The van der Waals surface area contributed by atoms with Crippen molar-refractivity contribution in [3.8, 4) is 0 Å². The van der Waals surface area contributed by atoms with Crippen LogP contribution in [0.15, 0.2) is 0 Å². The number of hydrogen-bond donors (Lipinski definition) is 1. The lowest BCUT2D eigenvalue weighted by Gasteiger charge is -2.35. The fourth-order valence-electron chi connectivity index (χ4n) is 5.16. The number of ketones is 1. The zero-order valence-electron chi connectivity index (χ0n) is 16.9. The highest BCUT2D eigenvalue weighted by molar-refractivity contribution is 6.22. The van der Waals surface area contributed by atoms with E-state index in [1.165, 1.54) is 0 Å². The molecule has 3 saturated heterocycles. The number of halogens is 1. The van der Waals surface area contributed by atoms with Crippen molar-refractivity contribution in [3.05, 3.63) is 0 Å². The Labute approximate surface area is 176 Å². The second kappa shape index (κ2) is 8.40. The van der Waals surface area contributed by atoms with E-state index in [1.807, 2.05) is 0 Å². The van der Waals surface area contributed by atoms with Gasteiger partial charge in [0.15, 0.2) is 5.78 Å². The molecule has 4 fully saturated rings. The summed E-state index contributed by atoms with van der Waals surface area (Å²) < 4.78 is 10.8. The number of carbonyl (C=O) groups is 3. The molecule has 1 unspecified atom stereocenters. The molecule has 3 heterocycles. The summed E-state index contributed by atoms with van der Waals surface area (Å²) in [6, 6.07) is -1.56. The van der Waals surface area contributed by atoms with Gasteiger partial charge in [-0.15, -0.1) is 11.6 Å². The van der Waals surface area contributed by atoms with Gasteiger partial charge in [0.1, 0.15) is 24.8 Å². The molecule has 1 N–H and O–H groups in total. The van der Waals surface area contributed by atoms with Crippen LogP contribution in [0.3, 0.4) is 0 Å². The zero-order chi connectivity index (χ0) is 20.6. The third-order valence-corrected chi connectivity index (χ3v) is 7.19. The molecule has 0 aromatic rings. The molecule has 0 spiro atoms. The number of morpholine rings is 1. The number of rotatable bonds is 4. The van der Waals surface area contributed by atoms with Crippen LogP contribution < -0.4 is 5.32 Å². The maximum absolute atomic E-state index is 13.5. The highest BCUT2D eigenvalue weighted by Gasteiger charge is 2.53. The summed E-state index contributed by atoms with van der Waals surface area (Å²) in [5.41, 5.74) is 0.00823. The van der Waals surface area contributed by atoms with Crippen LogP contribution in [0.2, 0.25) is 0 Å². The Morgan fingerprint density at radius 3 is 2.66 bits per heavy atom. The van der Waals surface area contributed by atoms with Crippen LogP contribution in [-0.4, -0.2) is 90.5 Å². The quantitative estimate of drug-likeness (QED) is 0.680. The molecule has 4 aliphatic rings. The van der Waals surface area contributed by atoms with E-state index in [0.29, 0.717) is 32.7 Å². The van der Waals surface area contributed by atoms with E-state index < -0.39 is 23.6 Å².